The van der Waals surface area contributed by atoms with E-state index in [2.05, 4.69) is 43.6 Å². The van der Waals surface area contributed by atoms with Crippen molar-refractivity contribution in [3.05, 3.63) is 22.4 Å². The third-order valence-corrected chi connectivity index (χ3v) is 5.09. The standard InChI is InChI=1S/C14H23NOS/c1-4-14(3)12(9-13(14)16-5-2)15-10-11-7-6-8-17-11/h6-8,12-13,15H,4-5,9-10H2,1-3H3. The molecule has 1 N–H and O–H groups in total. The van der Waals surface area contributed by atoms with Gasteiger partial charge in [-0.25, -0.2) is 0 Å². The first-order valence-electron chi connectivity index (χ1n) is 6.58. The Kier molecular flexibility index (Phi) is 4.23. The van der Waals surface area contributed by atoms with Crippen LogP contribution in [0, 0.1) is 5.41 Å². The molecular formula is C14H23NOS. The van der Waals surface area contributed by atoms with E-state index in [4.69, 9.17) is 4.74 Å². The molecule has 1 fully saturated rings. The Morgan fingerprint density at radius 2 is 2.35 bits per heavy atom. The molecule has 0 aromatic carbocycles. The zero-order valence-corrected chi connectivity index (χ0v) is 11.8. The fourth-order valence-corrected chi connectivity index (χ4v) is 3.36. The Bertz CT molecular complexity index is 338. The summed E-state index contributed by atoms with van der Waals surface area (Å²) >= 11 is 1.82. The molecule has 3 unspecified atom stereocenters. The summed E-state index contributed by atoms with van der Waals surface area (Å²) < 4.78 is 5.81. The van der Waals surface area contributed by atoms with Crippen LogP contribution in [0.1, 0.15) is 38.5 Å². The maximum Gasteiger partial charge on any atom is 0.0658 e. The van der Waals surface area contributed by atoms with Gasteiger partial charge in [-0.05, 0) is 31.2 Å². The van der Waals surface area contributed by atoms with Crippen LogP contribution in [0.2, 0.25) is 0 Å². The fourth-order valence-electron chi connectivity index (χ4n) is 2.70. The van der Waals surface area contributed by atoms with Gasteiger partial charge in [-0.3, -0.25) is 0 Å². The Morgan fingerprint density at radius 3 is 2.94 bits per heavy atom. The van der Waals surface area contributed by atoms with Crippen molar-refractivity contribution in [3.63, 3.8) is 0 Å². The molecule has 2 nitrogen and oxygen atoms in total. The first kappa shape index (κ1) is 13.1. The second-order valence-corrected chi connectivity index (χ2v) is 6.08. The van der Waals surface area contributed by atoms with Crippen molar-refractivity contribution < 1.29 is 4.74 Å². The molecule has 1 heterocycles. The maximum atomic E-state index is 5.81. The number of ether oxygens (including phenoxy) is 1. The van der Waals surface area contributed by atoms with Crippen molar-refractivity contribution in [1.82, 2.24) is 5.32 Å². The van der Waals surface area contributed by atoms with Gasteiger partial charge in [-0.2, -0.15) is 0 Å². The maximum absolute atomic E-state index is 5.81. The summed E-state index contributed by atoms with van der Waals surface area (Å²) in [4.78, 5) is 1.42. The van der Waals surface area contributed by atoms with Crippen molar-refractivity contribution in [2.45, 2.75) is 52.3 Å². The minimum absolute atomic E-state index is 0.313. The predicted octanol–water partition coefficient (Wildman–Crippen LogP) is 3.43. The van der Waals surface area contributed by atoms with Crippen LogP contribution < -0.4 is 5.32 Å². The lowest BCUT2D eigenvalue weighted by molar-refractivity contribution is -0.126. The highest BCUT2D eigenvalue weighted by atomic mass is 32.1. The lowest BCUT2D eigenvalue weighted by Crippen LogP contribution is -2.61. The molecule has 17 heavy (non-hydrogen) atoms. The Morgan fingerprint density at radius 1 is 1.53 bits per heavy atom. The second-order valence-electron chi connectivity index (χ2n) is 5.05. The normalized spacial score (nSPS) is 32.4. The molecule has 0 radical (unpaired) electrons. The molecule has 0 spiro atoms. The summed E-state index contributed by atoms with van der Waals surface area (Å²) in [5.74, 6) is 0. The SMILES string of the molecule is CCOC1CC(NCc2cccs2)C1(C)CC. The van der Waals surface area contributed by atoms with Crippen molar-refractivity contribution in [1.29, 1.82) is 0 Å². The minimum Gasteiger partial charge on any atom is -0.378 e. The largest absolute Gasteiger partial charge is 0.378 e. The molecule has 2 rings (SSSR count). The van der Waals surface area contributed by atoms with Gasteiger partial charge in [0.15, 0.2) is 0 Å². The average molecular weight is 253 g/mol. The van der Waals surface area contributed by atoms with Crippen LogP contribution in [0.25, 0.3) is 0 Å². The van der Waals surface area contributed by atoms with Crippen molar-refractivity contribution in [2.24, 2.45) is 5.41 Å². The highest BCUT2D eigenvalue weighted by Crippen LogP contribution is 2.45. The monoisotopic (exact) mass is 253 g/mol. The van der Waals surface area contributed by atoms with Crippen molar-refractivity contribution in [2.75, 3.05) is 6.61 Å². The van der Waals surface area contributed by atoms with Gasteiger partial charge in [0.05, 0.1) is 6.10 Å². The highest BCUT2D eigenvalue weighted by molar-refractivity contribution is 7.09. The Hall–Kier alpha value is -0.380. The number of hydrogen-bond acceptors (Lipinski definition) is 3. The van der Waals surface area contributed by atoms with Crippen LogP contribution in [0.5, 0.6) is 0 Å². The van der Waals surface area contributed by atoms with E-state index < -0.39 is 0 Å². The molecule has 1 aliphatic carbocycles. The number of hydrogen-bond donors (Lipinski definition) is 1. The van der Waals surface area contributed by atoms with Gasteiger partial charge in [0.25, 0.3) is 0 Å². The van der Waals surface area contributed by atoms with Crippen LogP contribution in [0.15, 0.2) is 17.5 Å². The lowest BCUT2D eigenvalue weighted by atomic mass is 9.61. The molecule has 0 bridgehead atoms. The van der Waals surface area contributed by atoms with Gasteiger partial charge in [0.1, 0.15) is 0 Å². The van der Waals surface area contributed by atoms with Crippen LogP contribution in [-0.2, 0) is 11.3 Å². The summed E-state index contributed by atoms with van der Waals surface area (Å²) in [6.07, 6.45) is 2.78. The minimum atomic E-state index is 0.313. The topological polar surface area (TPSA) is 21.3 Å². The average Bonchev–Trinajstić information content (AvgIpc) is 2.84. The Balaban J connectivity index is 1.86. The molecule has 1 aliphatic rings. The fraction of sp³-hybridized carbons (Fsp3) is 0.714. The summed E-state index contributed by atoms with van der Waals surface area (Å²) in [6.45, 7) is 8.53. The van der Waals surface area contributed by atoms with Crippen LogP contribution >= 0.6 is 11.3 Å². The van der Waals surface area contributed by atoms with E-state index in [0.717, 1.165) is 19.6 Å². The van der Waals surface area contributed by atoms with E-state index in [0.29, 0.717) is 17.6 Å². The van der Waals surface area contributed by atoms with Gasteiger partial charge in [-0.1, -0.05) is 19.9 Å². The summed E-state index contributed by atoms with van der Waals surface area (Å²) in [5, 5.41) is 5.82. The molecule has 1 aromatic heterocycles. The molecule has 0 aliphatic heterocycles. The molecule has 3 atom stereocenters. The van der Waals surface area contributed by atoms with E-state index in [1.807, 2.05) is 11.3 Å². The van der Waals surface area contributed by atoms with Gasteiger partial charge in [0.2, 0.25) is 0 Å². The summed E-state index contributed by atoms with van der Waals surface area (Å²) in [5.41, 5.74) is 0.313. The molecule has 3 heteroatoms. The van der Waals surface area contributed by atoms with Gasteiger partial charge in [0, 0.05) is 29.5 Å². The smallest absolute Gasteiger partial charge is 0.0658 e. The zero-order chi connectivity index (χ0) is 12.3. The van der Waals surface area contributed by atoms with Crippen LogP contribution in [0.4, 0.5) is 0 Å². The summed E-state index contributed by atoms with van der Waals surface area (Å²) in [7, 11) is 0. The van der Waals surface area contributed by atoms with Crippen molar-refractivity contribution >= 4 is 11.3 Å². The zero-order valence-electron chi connectivity index (χ0n) is 11.0. The molecule has 1 aromatic rings. The quantitative estimate of drug-likeness (QED) is 0.838. The molecule has 0 amide bonds. The van der Waals surface area contributed by atoms with E-state index >= 15 is 0 Å². The molecule has 1 saturated carbocycles. The van der Waals surface area contributed by atoms with Crippen LogP contribution in [0.3, 0.4) is 0 Å². The van der Waals surface area contributed by atoms with Gasteiger partial charge >= 0.3 is 0 Å². The predicted molar refractivity (Wildman–Crippen MR) is 73.4 cm³/mol. The summed E-state index contributed by atoms with van der Waals surface area (Å²) in [6, 6.07) is 4.91. The van der Waals surface area contributed by atoms with E-state index in [1.165, 1.54) is 11.3 Å². The number of rotatable bonds is 6. The van der Waals surface area contributed by atoms with Crippen molar-refractivity contribution in [3.8, 4) is 0 Å². The molecular weight excluding hydrogens is 230 g/mol. The first-order chi connectivity index (χ1) is 8.20. The second kappa shape index (κ2) is 5.51. The molecule has 0 saturated heterocycles. The van der Waals surface area contributed by atoms with E-state index in [1.54, 1.807) is 0 Å². The third-order valence-electron chi connectivity index (χ3n) is 4.21. The van der Waals surface area contributed by atoms with E-state index in [9.17, 15) is 0 Å². The Labute approximate surface area is 108 Å². The molecule has 96 valence electrons. The number of nitrogens with one attached hydrogen (secondary N) is 1. The van der Waals surface area contributed by atoms with Crippen LogP contribution in [-0.4, -0.2) is 18.8 Å². The number of thiophene rings is 1. The van der Waals surface area contributed by atoms with Gasteiger partial charge < -0.3 is 10.1 Å². The first-order valence-corrected chi connectivity index (χ1v) is 7.46. The van der Waals surface area contributed by atoms with E-state index in [-0.39, 0.29) is 0 Å². The van der Waals surface area contributed by atoms with Gasteiger partial charge in [-0.15, -0.1) is 11.3 Å². The third kappa shape index (κ3) is 2.56. The highest BCUT2D eigenvalue weighted by Gasteiger charge is 2.50. The lowest BCUT2D eigenvalue weighted by Gasteiger charge is -2.53.